The highest BCUT2D eigenvalue weighted by atomic mass is 16.5. The van der Waals surface area contributed by atoms with Gasteiger partial charge < -0.3 is 15.8 Å². The second kappa shape index (κ2) is 7.87. The van der Waals surface area contributed by atoms with Crippen molar-refractivity contribution in [3.8, 4) is 0 Å². The van der Waals surface area contributed by atoms with Gasteiger partial charge in [-0.25, -0.2) is 4.79 Å². The summed E-state index contributed by atoms with van der Waals surface area (Å²) in [5.74, 6) is -0.769. The first-order valence-electron chi connectivity index (χ1n) is 5.27. The third-order valence-electron chi connectivity index (χ3n) is 2.13. The maximum absolute atomic E-state index is 11.4. The molecule has 92 valence electrons. The van der Waals surface area contributed by atoms with Crippen molar-refractivity contribution in [1.29, 1.82) is 0 Å². The molecular formula is C11H20N2O3. The first kappa shape index (κ1) is 14.6. The summed E-state index contributed by atoms with van der Waals surface area (Å²) in [6.07, 6.45) is 2.12. The number of esters is 1. The fourth-order valence-corrected chi connectivity index (χ4v) is 1.17. The van der Waals surface area contributed by atoms with Crippen molar-refractivity contribution in [2.75, 3.05) is 13.7 Å². The molecule has 0 aliphatic heterocycles. The molecule has 0 fully saturated rings. The van der Waals surface area contributed by atoms with Gasteiger partial charge in [-0.3, -0.25) is 4.79 Å². The first-order valence-corrected chi connectivity index (χ1v) is 5.27. The molecule has 16 heavy (non-hydrogen) atoms. The van der Waals surface area contributed by atoms with Gasteiger partial charge in [-0.1, -0.05) is 6.58 Å². The molecule has 0 rings (SSSR count). The maximum Gasteiger partial charge on any atom is 0.328 e. The molecule has 1 amide bonds. The maximum atomic E-state index is 11.4. The molecule has 0 aromatic carbocycles. The van der Waals surface area contributed by atoms with Gasteiger partial charge in [0.05, 0.1) is 7.11 Å². The van der Waals surface area contributed by atoms with Crippen LogP contribution < -0.4 is 11.1 Å². The van der Waals surface area contributed by atoms with Crippen LogP contribution >= 0.6 is 0 Å². The van der Waals surface area contributed by atoms with E-state index in [0.717, 1.165) is 12.8 Å². The number of nitrogens with one attached hydrogen (secondary N) is 1. The molecule has 0 saturated heterocycles. The topological polar surface area (TPSA) is 81.4 Å². The van der Waals surface area contributed by atoms with Crippen LogP contribution in [0.25, 0.3) is 0 Å². The summed E-state index contributed by atoms with van der Waals surface area (Å²) in [5.41, 5.74) is 5.72. The summed E-state index contributed by atoms with van der Waals surface area (Å²) in [5, 5.41) is 2.57. The van der Waals surface area contributed by atoms with Gasteiger partial charge in [-0.15, -0.1) is 0 Å². The number of carbonyl (C=O) groups is 2. The molecule has 5 heteroatoms. The number of unbranched alkanes of at least 4 members (excludes halogenated alkanes) is 1. The van der Waals surface area contributed by atoms with E-state index in [1.54, 1.807) is 6.92 Å². The third-order valence-corrected chi connectivity index (χ3v) is 2.13. The van der Waals surface area contributed by atoms with E-state index >= 15 is 0 Å². The second-order valence-corrected chi connectivity index (χ2v) is 3.61. The number of ether oxygens (including phenoxy) is 1. The lowest BCUT2D eigenvalue weighted by molar-refractivity contribution is -0.144. The van der Waals surface area contributed by atoms with Gasteiger partial charge in [0.15, 0.2) is 0 Å². The Balaban J connectivity index is 4.26. The lowest BCUT2D eigenvalue weighted by atomic mass is 10.1. The van der Waals surface area contributed by atoms with E-state index in [-0.39, 0.29) is 5.91 Å². The number of hydrogen-bond donors (Lipinski definition) is 2. The zero-order chi connectivity index (χ0) is 12.6. The minimum atomic E-state index is -0.610. The van der Waals surface area contributed by atoms with Gasteiger partial charge in [0, 0.05) is 5.57 Å². The van der Waals surface area contributed by atoms with Crippen molar-refractivity contribution in [3.05, 3.63) is 12.2 Å². The van der Waals surface area contributed by atoms with E-state index in [1.807, 2.05) is 0 Å². The van der Waals surface area contributed by atoms with Gasteiger partial charge in [-0.05, 0) is 32.7 Å². The highest BCUT2D eigenvalue weighted by Crippen LogP contribution is 2.03. The van der Waals surface area contributed by atoms with Crippen LogP contribution in [0.5, 0.6) is 0 Å². The first-order chi connectivity index (χ1) is 7.52. The van der Waals surface area contributed by atoms with Gasteiger partial charge in [0.2, 0.25) is 5.91 Å². The summed E-state index contributed by atoms with van der Waals surface area (Å²) in [4.78, 5) is 22.7. The van der Waals surface area contributed by atoms with Crippen LogP contribution in [0.1, 0.15) is 26.2 Å². The fraction of sp³-hybridized carbons (Fsp3) is 0.636. The molecule has 0 saturated carbocycles. The molecule has 0 aromatic heterocycles. The number of amides is 1. The standard InChI is InChI=1S/C11H20N2O3/c1-8(2)10(14)13-9(11(15)16-3)6-4-5-7-12/h9H,1,4-7,12H2,2-3H3,(H,13,14)/t9-/m0/s1. The fourth-order valence-electron chi connectivity index (χ4n) is 1.17. The number of carbonyl (C=O) groups excluding carboxylic acids is 2. The van der Waals surface area contributed by atoms with Crippen molar-refractivity contribution in [1.82, 2.24) is 5.32 Å². The molecule has 0 aliphatic rings. The Hall–Kier alpha value is -1.36. The van der Waals surface area contributed by atoms with Crippen LogP contribution in [-0.2, 0) is 14.3 Å². The average molecular weight is 228 g/mol. The van der Waals surface area contributed by atoms with Crippen molar-refractivity contribution in [2.24, 2.45) is 5.73 Å². The van der Waals surface area contributed by atoms with E-state index < -0.39 is 12.0 Å². The van der Waals surface area contributed by atoms with Gasteiger partial charge in [0.1, 0.15) is 6.04 Å². The van der Waals surface area contributed by atoms with Crippen LogP contribution in [0.2, 0.25) is 0 Å². The Bertz CT molecular complexity index is 264. The van der Waals surface area contributed by atoms with E-state index in [1.165, 1.54) is 7.11 Å². The molecule has 0 aliphatic carbocycles. The molecule has 0 radical (unpaired) electrons. The highest BCUT2D eigenvalue weighted by Gasteiger charge is 2.20. The van der Waals surface area contributed by atoms with Crippen LogP contribution in [0.4, 0.5) is 0 Å². The molecule has 5 nitrogen and oxygen atoms in total. The Kier molecular flexibility index (Phi) is 7.20. The minimum absolute atomic E-state index is 0.330. The molecule has 0 spiro atoms. The molecule has 0 aromatic rings. The quantitative estimate of drug-likeness (QED) is 0.374. The third kappa shape index (κ3) is 5.50. The van der Waals surface area contributed by atoms with Crippen molar-refractivity contribution >= 4 is 11.9 Å². The Labute approximate surface area is 96.0 Å². The summed E-state index contributed by atoms with van der Waals surface area (Å²) >= 11 is 0. The molecule has 0 bridgehead atoms. The number of nitrogens with two attached hydrogens (primary N) is 1. The van der Waals surface area contributed by atoms with Crippen molar-refractivity contribution in [3.63, 3.8) is 0 Å². The lowest BCUT2D eigenvalue weighted by Gasteiger charge is -2.16. The van der Waals surface area contributed by atoms with Crippen LogP contribution in [0, 0.1) is 0 Å². The van der Waals surface area contributed by atoms with Crippen molar-refractivity contribution in [2.45, 2.75) is 32.2 Å². The van der Waals surface area contributed by atoms with Crippen molar-refractivity contribution < 1.29 is 14.3 Å². The SMILES string of the molecule is C=C(C)C(=O)N[C@@H](CCCCN)C(=O)OC. The van der Waals surface area contributed by atoms with E-state index in [2.05, 4.69) is 16.6 Å². The Morgan fingerprint density at radius 2 is 2.06 bits per heavy atom. The summed E-state index contributed by atoms with van der Waals surface area (Å²) in [6.45, 7) is 5.66. The Morgan fingerprint density at radius 1 is 1.44 bits per heavy atom. The molecular weight excluding hydrogens is 208 g/mol. The Morgan fingerprint density at radius 3 is 2.50 bits per heavy atom. The van der Waals surface area contributed by atoms with Gasteiger partial charge >= 0.3 is 5.97 Å². The number of hydrogen-bond acceptors (Lipinski definition) is 4. The zero-order valence-electron chi connectivity index (χ0n) is 9.91. The largest absolute Gasteiger partial charge is 0.467 e. The zero-order valence-corrected chi connectivity index (χ0v) is 9.91. The molecule has 0 unspecified atom stereocenters. The normalized spacial score (nSPS) is 11.7. The predicted octanol–water partition coefficient (Wildman–Crippen LogP) is 0.349. The highest BCUT2D eigenvalue weighted by molar-refractivity contribution is 5.95. The summed E-state index contributed by atoms with van der Waals surface area (Å²) in [6, 6.07) is -0.610. The second-order valence-electron chi connectivity index (χ2n) is 3.61. The lowest BCUT2D eigenvalue weighted by Crippen LogP contribution is -2.41. The van der Waals surface area contributed by atoms with Gasteiger partial charge in [-0.2, -0.15) is 0 Å². The molecule has 3 N–H and O–H groups in total. The molecule has 1 atom stereocenters. The average Bonchev–Trinajstić information content (AvgIpc) is 2.26. The number of methoxy groups -OCH3 is 1. The smallest absolute Gasteiger partial charge is 0.328 e. The van der Waals surface area contributed by atoms with E-state index in [0.29, 0.717) is 18.5 Å². The minimum Gasteiger partial charge on any atom is -0.467 e. The monoisotopic (exact) mass is 228 g/mol. The predicted molar refractivity (Wildman–Crippen MR) is 61.7 cm³/mol. The van der Waals surface area contributed by atoms with Crippen LogP contribution in [-0.4, -0.2) is 31.6 Å². The summed E-state index contributed by atoms with van der Waals surface area (Å²) in [7, 11) is 1.30. The van der Waals surface area contributed by atoms with E-state index in [4.69, 9.17) is 5.73 Å². The van der Waals surface area contributed by atoms with Crippen LogP contribution in [0.3, 0.4) is 0 Å². The number of rotatable bonds is 7. The van der Waals surface area contributed by atoms with Crippen LogP contribution in [0.15, 0.2) is 12.2 Å². The van der Waals surface area contributed by atoms with E-state index in [9.17, 15) is 9.59 Å². The van der Waals surface area contributed by atoms with Gasteiger partial charge in [0.25, 0.3) is 0 Å². The summed E-state index contributed by atoms with van der Waals surface area (Å²) < 4.78 is 4.61. The molecule has 0 heterocycles.